The van der Waals surface area contributed by atoms with E-state index >= 15 is 0 Å². The molecular weight excluding hydrogens is 298 g/mol. The van der Waals surface area contributed by atoms with E-state index in [9.17, 15) is 14.7 Å². The van der Waals surface area contributed by atoms with E-state index in [1.165, 1.54) is 0 Å². The second kappa shape index (κ2) is 12.8. The summed E-state index contributed by atoms with van der Waals surface area (Å²) in [6.07, 6.45) is 3.22. The lowest BCUT2D eigenvalue weighted by atomic mass is 10.1. The van der Waals surface area contributed by atoms with Gasteiger partial charge in [0.15, 0.2) is 0 Å². The lowest BCUT2D eigenvalue weighted by molar-refractivity contribution is -0.122. The third-order valence-corrected chi connectivity index (χ3v) is 3.28. The Hall–Kier alpha value is -1.67. The highest BCUT2D eigenvalue weighted by molar-refractivity contribution is 5.79. The van der Waals surface area contributed by atoms with Crippen molar-refractivity contribution in [2.45, 2.75) is 64.0 Å². The molecular formula is C15H31N5O3. The second-order valence-corrected chi connectivity index (χ2v) is 5.74. The summed E-state index contributed by atoms with van der Waals surface area (Å²) in [5.41, 5.74) is 11.0. The molecule has 0 saturated carbocycles. The maximum atomic E-state index is 11.6. The molecule has 0 spiro atoms. The molecule has 0 aromatic heterocycles. The van der Waals surface area contributed by atoms with E-state index in [0.717, 1.165) is 19.3 Å². The smallest absolute Gasteiger partial charge is 0.221 e. The van der Waals surface area contributed by atoms with Crippen LogP contribution >= 0.6 is 0 Å². The quantitative estimate of drug-likeness (QED) is 0.154. The van der Waals surface area contributed by atoms with Gasteiger partial charge in [0, 0.05) is 38.4 Å². The van der Waals surface area contributed by atoms with Crippen LogP contribution in [0.25, 0.3) is 0 Å². The van der Waals surface area contributed by atoms with Crippen LogP contribution in [0.1, 0.15) is 51.9 Å². The topological polar surface area (TPSA) is 154 Å². The normalized spacial score (nSPS) is 13.2. The van der Waals surface area contributed by atoms with Gasteiger partial charge in [-0.05, 0) is 12.8 Å². The minimum atomic E-state index is -0.773. The van der Waals surface area contributed by atoms with Crippen molar-refractivity contribution in [3.05, 3.63) is 0 Å². The first-order valence-corrected chi connectivity index (χ1v) is 8.15. The molecule has 0 bridgehead atoms. The first-order valence-electron chi connectivity index (χ1n) is 8.15. The van der Waals surface area contributed by atoms with Crippen molar-refractivity contribution in [2.24, 2.45) is 11.5 Å². The Morgan fingerprint density at radius 3 is 2.48 bits per heavy atom. The summed E-state index contributed by atoms with van der Waals surface area (Å²) in [6.45, 7) is 2.52. The van der Waals surface area contributed by atoms with Gasteiger partial charge in [0.05, 0.1) is 11.9 Å². The molecule has 0 heterocycles. The van der Waals surface area contributed by atoms with Crippen LogP contribution in [-0.4, -0.2) is 48.0 Å². The number of amidine groups is 1. The van der Waals surface area contributed by atoms with Gasteiger partial charge in [0.1, 0.15) is 0 Å². The van der Waals surface area contributed by atoms with Gasteiger partial charge in [0.25, 0.3) is 0 Å². The number of aliphatic hydroxyl groups is 1. The third kappa shape index (κ3) is 13.7. The second-order valence-electron chi connectivity index (χ2n) is 5.74. The zero-order valence-corrected chi connectivity index (χ0v) is 13.9. The Bertz CT molecular complexity index is 376. The summed E-state index contributed by atoms with van der Waals surface area (Å²) < 4.78 is 0. The molecule has 134 valence electrons. The number of rotatable bonds is 13. The number of aliphatic hydroxyl groups excluding tert-OH is 1. The minimum Gasteiger partial charge on any atom is -0.391 e. The number of hydrogen-bond acceptors (Lipinski definition) is 5. The maximum absolute atomic E-state index is 11.6. The molecule has 0 aromatic carbocycles. The number of nitrogens with two attached hydrogens (primary N) is 2. The van der Waals surface area contributed by atoms with Crippen molar-refractivity contribution in [2.75, 3.05) is 13.1 Å². The highest BCUT2D eigenvalue weighted by Crippen LogP contribution is 2.01. The Kier molecular flexibility index (Phi) is 11.9. The van der Waals surface area contributed by atoms with E-state index in [1.807, 2.05) is 0 Å². The number of unbranched alkanes of at least 4 members (excludes halogenated alkanes) is 2. The number of carbonyl (C=O) groups is 2. The van der Waals surface area contributed by atoms with Gasteiger partial charge in [-0.3, -0.25) is 15.0 Å². The first kappa shape index (κ1) is 21.3. The Labute approximate surface area is 137 Å². The lowest BCUT2D eigenvalue weighted by Gasteiger charge is -2.17. The molecule has 0 unspecified atom stereocenters. The van der Waals surface area contributed by atoms with Crippen molar-refractivity contribution in [3.63, 3.8) is 0 Å². The van der Waals surface area contributed by atoms with Gasteiger partial charge in [0.2, 0.25) is 11.8 Å². The number of amides is 2. The Morgan fingerprint density at radius 2 is 1.87 bits per heavy atom. The van der Waals surface area contributed by atoms with Gasteiger partial charge in [-0.2, -0.15) is 0 Å². The monoisotopic (exact) mass is 329 g/mol. The lowest BCUT2D eigenvalue weighted by Crippen LogP contribution is -2.38. The van der Waals surface area contributed by atoms with E-state index in [-0.39, 0.29) is 37.0 Å². The molecule has 2 atom stereocenters. The van der Waals surface area contributed by atoms with Gasteiger partial charge in [-0.1, -0.05) is 19.8 Å². The number of nitrogens with one attached hydrogen (secondary N) is 3. The molecule has 8 N–H and O–H groups in total. The van der Waals surface area contributed by atoms with E-state index in [4.69, 9.17) is 16.9 Å². The minimum absolute atomic E-state index is 0.0136. The van der Waals surface area contributed by atoms with E-state index in [2.05, 4.69) is 17.6 Å². The molecule has 8 nitrogen and oxygen atoms in total. The highest BCUT2D eigenvalue weighted by atomic mass is 16.3. The van der Waals surface area contributed by atoms with Crippen molar-refractivity contribution < 1.29 is 14.7 Å². The molecule has 8 heteroatoms. The van der Waals surface area contributed by atoms with Crippen molar-refractivity contribution in [3.8, 4) is 0 Å². The maximum Gasteiger partial charge on any atom is 0.221 e. The molecule has 0 aliphatic heterocycles. The average molecular weight is 329 g/mol. The van der Waals surface area contributed by atoms with Crippen molar-refractivity contribution in [1.82, 2.24) is 10.6 Å². The van der Waals surface area contributed by atoms with Crippen LogP contribution in [0.3, 0.4) is 0 Å². The van der Waals surface area contributed by atoms with Gasteiger partial charge in [-0.25, -0.2) is 0 Å². The standard InChI is InChI=1S/C15H31N5O3/c1-2-3-4-5-14(22)20-10-12(21)8-11(16)9-15(23)19-7-6-13(17)18/h11-12,21H,2-10,16H2,1H3,(H3,17,18)(H,19,23)(H,20,22)/t11-,12-/m1/s1. The summed E-state index contributed by atoms with van der Waals surface area (Å²) >= 11 is 0. The molecule has 0 fully saturated rings. The fourth-order valence-electron chi connectivity index (χ4n) is 2.02. The molecule has 0 rings (SSSR count). The zero-order valence-electron chi connectivity index (χ0n) is 13.9. The Balaban J connectivity index is 3.79. The fourth-order valence-corrected chi connectivity index (χ4v) is 2.02. The largest absolute Gasteiger partial charge is 0.391 e. The predicted molar refractivity (Wildman–Crippen MR) is 89.9 cm³/mol. The van der Waals surface area contributed by atoms with E-state index in [1.54, 1.807) is 0 Å². The Morgan fingerprint density at radius 1 is 1.17 bits per heavy atom. The van der Waals surface area contributed by atoms with Crippen molar-refractivity contribution >= 4 is 17.6 Å². The average Bonchev–Trinajstić information content (AvgIpc) is 2.44. The molecule has 0 aliphatic carbocycles. The highest BCUT2D eigenvalue weighted by Gasteiger charge is 2.15. The van der Waals surface area contributed by atoms with Crippen LogP contribution in [0, 0.1) is 5.41 Å². The van der Waals surface area contributed by atoms with Crippen LogP contribution in [0.4, 0.5) is 0 Å². The van der Waals surface area contributed by atoms with Crippen LogP contribution < -0.4 is 22.1 Å². The first-order chi connectivity index (χ1) is 10.8. The number of carbonyl (C=O) groups excluding carboxylic acids is 2. The molecule has 2 amide bonds. The van der Waals surface area contributed by atoms with Crippen LogP contribution in [0.2, 0.25) is 0 Å². The molecule has 0 saturated heterocycles. The summed E-state index contributed by atoms with van der Waals surface area (Å²) in [4.78, 5) is 23.1. The summed E-state index contributed by atoms with van der Waals surface area (Å²) in [5, 5.41) is 22.1. The molecule has 0 aromatic rings. The SMILES string of the molecule is CCCCCC(=O)NC[C@H](O)C[C@@H](N)CC(=O)NCCC(=N)N. The summed E-state index contributed by atoms with van der Waals surface area (Å²) in [6, 6.07) is -0.487. The molecule has 23 heavy (non-hydrogen) atoms. The van der Waals surface area contributed by atoms with Gasteiger partial charge >= 0.3 is 0 Å². The summed E-state index contributed by atoms with van der Waals surface area (Å²) in [7, 11) is 0. The van der Waals surface area contributed by atoms with Crippen LogP contribution in [0.15, 0.2) is 0 Å². The predicted octanol–water partition coefficient (Wildman–Crippen LogP) is -0.406. The van der Waals surface area contributed by atoms with Crippen LogP contribution in [-0.2, 0) is 9.59 Å². The zero-order chi connectivity index (χ0) is 17.7. The third-order valence-electron chi connectivity index (χ3n) is 3.28. The van der Waals surface area contributed by atoms with Crippen LogP contribution in [0.5, 0.6) is 0 Å². The number of hydrogen-bond donors (Lipinski definition) is 6. The van der Waals surface area contributed by atoms with E-state index in [0.29, 0.717) is 19.4 Å². The van der Waals surface area contributed by atoms with Gasteiger partial charge in [-0.15, -0.1) is 0 Å². The van der Waals surface area contributed by atoms with Gasteiger partial charge < -0.3 is 27.2 Å². The molecule has 0 radical (unpaired) electrons. The fraction of sp³-hybridized carbons (Fsp3) is 0.800. The van der Waals surface area contributed by atoms with Crippen molar-refractivity contribution in [1.29, 1.82) is 5.41 Å². The van der Waals surface area contributed by atoms with E-state index < -0.39 is 12.1 Å². The summed E-state index contributed by atoms with van der Waals surface area (Å²) in [5.74, 6) is -0.303. The molecule has 0 aliphatic rings.